The SMILES string of the molecule is Cc1ccc(-c2nc(COC(=O)/C=C/c3c(C)nn(C)c3Cl)no2)cc1. The van der Waals surface area contributed by atoms with Crippen molar-refractivity contribution >= 4 is 23.6 Å². The number of benzene rings is 1. The van der Waals surface area contributed by atoms with Crippen LogP contribution in [0.2, 0.25) is 5.15 Å². The summed E-state index contributed by atoms with van der Waals surface area (Å²) in [5.74, 6) is 0.133. The summed E-state index contributed by atoms with van der Waals surface area (Å²) >= 11 is 6.11. The average Bonchev–Trinajstić information content (AvgIpc) is 3.18. The molecule has 0 saturated heterocycles. The quantitative estimate of drug-likeness (QED) is 0.503. The van der Waals surface area contributed by atoms with Crippen LogP contribution in [0.1, 0.15) is 22.6 Å². The third kappa shape index (κ3) is 4.00. The predicted octanol–water partition coefficient (Wildman–Crippen LogP) is 3.50. The molecule has 0 saturated carbocycles. The standard InChI is InChI=1S/C18H17ClN4O3/c1-11-4-6-13(7-5-11)18-20-15(22-26-18)10-25-16(24)9-8-14-12(2)21-23(3)17(14)19/h4-9H,10H2,1-3H3/b9-8+. The van der Waals surface area contributed by atoms with E-state index in [0.29, 0.717) is 16.6 Å². The van der Waals surface area contributed by atoms with Crippen molar-refractivity contribution in [2.75, 3.05) is 0 Å². The molecule has 0 radical (unpaired) electrons. The number of carbonyl (C=O) groups is 1. The second-order valence-electron chi connectivity index (χ2n) is 5.74. The first-order valence-corrected chi connectivity index (χ1v) is 8.25. The summed E-state index contributed by atoms with van der Waals surface area (Å²) in [5.41, 5.74) is 3.34. The van der Waals surface area contributed by atoms with Crippen LogP contribution in [-0.2, 0) is 23.2 Å². The van der Waals surface area contributed by atoms with Gasteiger partial charge in [0, 0.05) is 24.3 Å². The van der Waals surface area contributed by atoms with E-state index in [0.717, 1.165) is 16.8 Å². The Morgan fingerprint density at radius 1 is 1.31 bits per heavy atom. The summed E-state index contributed by atoms with van der Waals surface area (Å²) in [7, 11) is 1.73. The number of nitrogens with zero attached hydrogens (tertiary/aromatic N) is 4. The third-order valence-corrected chi connectivity index (χ3v) is 4.14. The van der Waals surface area contributed by atoms with Gasteiger partial charge in [-0.25, -0.2) is 4.79 Å². The van der Waals surface area contributed by atoms with Gasteiger partial charge in [-0.2, -0.15) is 10.1 Å². The Bertz CT molecular complexity index is 957. The van der Waals surface area contributed by atoms with Gasteiger partial charge in [0.2, 0.25) is 5.82 Å². The van der Waals surface area contributed by atoms with E-state index >= 15 is 0 Å². The lowest BCUT2D eigenvalue weighted by Crippen LogP contribution is -2.02. The zero-order chi connectivity index (χ0) is 18.7. The summed E-state index contributed by atoms with van der Waals surface area (Å²) in [5, 5.41) is 8.43. The summed E-state index contributed by atoms with van der Waals surface area (Å²) in [6.07, 6.45) is 2.86. The highest BCUT2D eigenvalue weighted by atomic mass is 35.5. The van der Waals surface area contributed by atoms with E-state index in [9.17, 15) is 4.79 Å². The molecular weight excluding hydrogens is 356 g/mol. The van der Waals surface area contributed by atoms with Gasteiger partial charge in [-0.1, -0.05) is 34.5 Å². The van der Waals surface area contributed by atoms with E-state index in [1.807, 2.05) is 38.1 Å². The smallest absolute Gasteiger partial charge is 0.331 e. The van der Waals surface area contributed by atoms with Gasteiger partial charge in [-0.05, 0) is 32.1 Å². The second-order valence-corrected chi connectivity index (χ2v) is 6.09. The first kappa shape index (κ1) is 17.9. The minimum atomic E-state index is -0.536. The van der Waals surface area contributed by atoms with Crippen LogP contribution in [0.25, 0.3) is 17.5 Å². The highest BCUT2D eigenvalue weighted by Crippen LogP contribution is 2.20. The van der Waals surface area contributed by atoms with E-state index in [2.05, 4.69) is 15.2 Å². The maximum atomic E-state index is 11.9. The van der Waals surface area contributed by atoms with Crippen LogP contribution in [0.15, 0.2) is 34.9 Å². The average molecular weight is 373 g/mol. The Hall–Kier alpha value is -2.93. The van der Waals surface area contributed by atoms with Crippen molar-refractivity contribution in [1.29, 1.82) is 0 Å². The Kier molecular flexibility index (Phi) is 5.18. The van der Waals surface area contributed by atoms with Gasteiger partial charge in [-0.3, -0.25) is 4.68 Å². The Labute approximate surface area is 155 Å². The van der Waals surface area contributed by atoms with Crippen molar-refractivity contribution in [2.24, 2.45) is 7.05 Å². The van der Waals surface area contributed by atoms with Crippen LogP contribution in [0.3, 0.4) is 0 Å². The van der Waals surface area contributed by atoms with Crippen LogP contribution in [0.5, 0.6) is 0 Å². The van der Waals surface area contributed by atoms with Crippen molar-refractivity contribution in [3.63, 3.8) is 0 Å². The first-order chi connectivity index (χ1) is 12.4. The van der Waals surface area contributed by atoms with E-state index in [1.165, 1.54) is 10.8 Å². The molecule has 2 aromatic heterocycles. The lowest BCUT2D eigenvalue weighted by atomic mass is 10.1. The number of esters is 1. The Morgan fingerprint density at radius 3 is 2.69 bits per heavy atom. The van der Waals surface area contributed by atoms with Gasteiger partial charge in [-0.15, -0.1) is 0 Å². The van der Waals surface area contributed by atoms with E-state index < -0.39 is 5.97 Å². The fourth-order valence-electron chi connectivity index (χ4n) is 2.30. The minimum Gasteiger partial charge on any atom is -0.454 e. The Balaban J connectivity index is 1.60. The fraction of sp³-hybridized carbons (Fsp3) is 0.222. The van der Waals surface area contributed by atoms with E-state index in [-0.39, 0.29) is 12.4 Å². The van der Waals surface area contributed by atoms with Gasteiger partial charge in [0.25, 0.3) is 5.89 Å². The number of carbonyl (C=O) groups excluding carboxylic acids is 1. The highest BCUT2D eigenvalue weighted by Gasteiger charge is 2.11. The second kappa shape index (κ2) is 7.53. The lowest BCUT2D eigenvalue weighted by molar-refractivity contribution is -0.139. The molecule has 0 spiro atoms. The minimum absolute atomic E-state index is 0.0850. The third-order valence-electron chi connectivity index (χ3n) is 3.69. The molecule has 26 heavy (non-hydrogen) atoms. The monoisotopic (exact) mass is 372 g/mol. The van der Waals surface area contributed by atoms with E-state index in [1.54, 1.807) is 13.1 Å². The van der Waals surface area contributed by atoms with Gasteiger partial charge in [0.1, 0.15) is 5.15 Å². The molecule has 0 bridgehead atoms. The van der Waals surface area contributed by atoms with Crippen LogP contribution in [0.4, 0.5) is 0 Å². The lowest BCUT2D eigenvalue weighted by Gasteiger charge is -1.97. The fourth-order valence-corrected chi connectivity index (χ4v) is 2.53. The maximum absolute atomic E-state index is 11.9. The summed E-state index contributed by atoms with van der Waals surface area (Å²) in [6, 6.07) is 7.69. The number of halogens is 1. The number of rotatable bonds is 5. The maximum Gasteiger partial charge on any atom is 0.331 e. The molecule has 0 N–H and O–H groups in total. The highest BCUT2D eigenvalue weighted by molar-refractivity contribution is 6.31. The largest absolute Gasteiger partial charge is 0.454 e. The first-order valence-electron chi connectivity index (χ1n) is 7.87. The molecule has 0 atom stereocenters. The van der Waals surface area contributed by atoms with Crippen molar-refractivity contribution in [2.45, 2.75) is 20.5 Å². The number of aryl methyl sites for hydroxylation is 3. The van der Waals surface area contributed by atoms with Crippen LogP contribution in [0, 0.1) is 13.8 Å². The van der Waals surface area contributed by atoms with Crippen molar-refractivity contribution in [1.82, 2.24) is 19.9 Å². The molecule has 0 aliphatic heterocycles. The summed E-state index contributed by atoms with van der Waals surface area (Å²) < 4.78 is 11.8. The predicted molar refractivity (Wildman–Crippen MR) is 96.3 cm³/mol. The van der Waals surface area contributed by atoms with Crippen LogP contribution in [-0.4, -0.2) is 25.9 Å². The van der Waals surface area contributed by atoms with Crippen LogP contribution < -0.4 is 0 Å². The summed E-state index contributed by atoms with van der Waals surface area (Å²) in [4.78, 5) is 16.1. The van der Waals surface area contributed by atoms with Gasteiger partial charge < -0.3 is 9.26 Å². The number of aromatic nitrogens is 4. The van der Waals surface area contributed by atoms with Crippen LogP contribution >= 0.6 is 11.6 Å². The normalized spacial score (nSPS) is 11.2. The van der Waals surface area contributed by atoms with Crippen molar-refractivity contribution < 1.29 is 14.1 Å². The molecule has 3 rings (SSSR count). The molecule has 134 valence electrons. The molecule has 8 heteroatoms. The van der Waals surface area contributed by atoms with Gasteiger partial charge in [0.15, 0.2) is 6.61 Å². The molecular formula is C18H17ClN4O3. The molecule has 1 aromatic carbocycles. The molecule has 0 aliphatic carbocycles. The molecule has 7 nitrogen and oxygen atoms in total. The Morgan fingerprint density at radius 2 is 2.04 bits per heavy atom. The summed E-state index contributed by atoms with van der Waals surface area (Å²) in [6.45, 7) is 3.72. The van der Waals surface area contributed by atoms with Crippen molar-refractivity contribution in [3.8, 4) is 11.5 Å². The number of hydrogen-bond acceptors (Lipinski definition) is 6. The molecule has 0 amide bonds. The number of hydrogen-bond donors (Lipinski definition) is 0. The van der Waals surface area contributed by atoms with Crippen molar-refractivity contribution in [3.05, 3.63) is 58.1 Å². The molecule has 3 aromatic rings. The van der Waals surface area contributed by atoms with E-state index in [4.69, 9.17) is 20.9 Å². The molecule has 0 fully saturated rings. The zero-order valence-corrected chi connectivity index (χ0v) is 15.3. The molecule has 0 unspecified atom stereocenters. The van der Waals surface area contributed by atoms with Gasteiger partial charge >= 0.3 is 5.97 Å². The zero-order valence-electron chi connectivity index (χ0n) is 14.6. The number of ether oxygens (including phenoxy) is 1. The van der Waals surface area contributed by atoms with Gasteiger partial charge in [0.05, 0.1) is 5.69 Å². The molecule has 0 aliphatic rings. The molecule has 2 heterocycles. The topological polar surface area (TPSA) is 83.0 Å².